The summed E-state index contributed by atoms with van der Waals surface area (Å²) in [6, 6.07) is 16.4. The summed E-state index contributed by atoms with van der Waals surface area (Å²) in [7, 11) is 1.59. The zero-order valence-electron chi connectivity index (χ0n) is 13.1. The first-order valence-electron chi connectivity index (χ1n) is 7.45. The highest BCUT2D eigenvalue weighted by molar-refractivity contribution is 5.77. The van der Waals surface area contributed by atoms with Crippen molar-refractivity contribution in [1.29, 1.82) is 0 Å². The van der Waals surface area contributed by atoms with Crippen LogP contribution in [-0.2, 0) is 4.79 Å². The molecule has 0 saturated carbocycles. The molecule has 2 aromatic rings. The summed E-state index contributed by atoms with van der Waals surface area (Å²) in [6.07, 6.45) is -0.128. The van der Waals surface area contributed by atoms with E-state index in [9.17, 15) is 9.90 Å². The van der Waals surface area contributed by atoms with E-state index in [0.717, 1.165) is 11.3 Å². The molecule has 2 N–H and O–H groups in total. The van der Waals surface area contributed by atoms with Crippen molar-refractivity contribution in [3.8, 4) is 11.5 Å². The van der Waals surface area contributed by atoms with E-state index in [-0.39, 0.29) is 12.5 Å². The molecule has 0 aliphatic carbocycles. The second-order valence-electron chi connectivity index (χ2n) is 5.03. The minimum absolute atomic E-state index is 0.0617. The lowest BCUT2D eigenvalue weighted by atomic mass is 10.1. The normalized spacial score (nSPS) is 11.6. The van der Waals surface area contributed by atoms with Crippen LogP contribution >= 0.6 is 0 Å². The lowest BCUT2D eigenvalue weighted by molar-refractivity contribution is -0.123. The van der Waals surface area contributed by atoms with Gasteiger partial charge in [0.25, 0.3) is 5.91 Å². The molecule has 0 bridgehead atoms. The van der Waals surface area contributed by atoms with Crippen molar-refractivity contribution in [2.75, 3.05) is 20.3 Å². The van der Waals surface area contributed by atoms with Gasteiger partial charge in [-0.1, -0.05) is 30.3 Å². The Morgan fingerprint density at radius 2 is 1.74 bits per heavy atom. The highest BCUT2D eigenvalue weighted by Gasteiger charge is 2.08. The molecule has 1 amide bonds. The van der Waals surface area contributed by atoms with E-state index in [1.807, 2.05) is 30.3 Å². The fourth-order valence-corrected chi connectivity index (χ4v) is 2.06. The van der Waals surface area contributed by atoms with Crippen LogP contribution in [0.25, 0.3) is 0 Å². The minimum Gasteiger partial charge on any atom is -0.497 e. The van der Waals surface area contributed by atoms with Gasteiger partial charge in [0.15, 0.2) is 6.61 Å². The first kappa shape index (κ1) is 16.8. The summed E-state index contributed by atoms with van der Waals surface area (Å²) >= 11 is 0. The summed E-state index contributed by atoms with van der Waals surface area (Å²) in [5, 5.41) is 12.7. The fourth-order valence-electron chi connectivity index (χ4n) is 2.06. The van der Waals surface area contributed by atoms with Crippen molar-refractivity contribution in [2.45, 2.75) is 12.5 Å². The van der Waals surface area contributed by atoms with Gasteiger partial charge in [0.1, 0.15) is 11.5 Å². The molecule has 0 aliphatic heterocycles. The summed E-state index contributed by atoms with van der Waals surface area (Å²) in [5.74, 6) is 1.11. The first-order chi connectivity index (χ1) is 11.2. The quantitative estimate of drug-likeness (QED) is 0.784. The topological polar surface area (TPSA) is 67.8 Å². The number of ether oxygens (including phenoxy) is 2. The summed E-state index contributed by atoms with van der Waals surface area (Å²) < 4.78 is 10.4. The van der Waals surface area contributed by atoms with Crippen molar-refractivity contribution in [2.24, 2.45) is 0 Å². The maximum absolute atomic E-state index is 11.7. The molecule has 122 valence electrons. The third kappa shape index (κ3) is 5.64. The van der Waals surface area contributed by atoms with Gasteiger partial charge < -0.3 is 19.9 Å². The van der Waals surface area contributed by atoms with Crippen LogP contribution in [0.4, 0.5) is 0 Å². The van der Waals surface area contributed by atoms with E-state index in [1.165, 1.54) is 0 Å². The van der Waals surface area contributed by atoms with Gasteiger partial charge in [-0.2, -0.15) is 0 Å². The van der Waals surface area contributed by atoms with Crippen molar-refractivity contribution < 1.29 is 19.4 Å². The summed E-state index contributed by atoms with van der Waals surface area (Å²) in [4.78, 5) is 11.7. The number of rotatable bonds is 8. The van der Waals surface area contributed by atoms with E-state index in [1.54, 1.807) is 31.4 Å². The number of hydrogen-bond acceptors (Lipinski definition) is 4. The Labute approximate surface area is 135 Å². The molecule has 5 heteroatoms. The van der Waals surface area contributed by atoms with Gasteiger partial charge in [0.05, 0.1) is 13.2 Å². The Kier molecular flexibility index (Phi) is 6.44. The maximum Gasteiger partial charge on any atom is 0.257 e. The van der Waals surface area contributed by atoms with Gasteiger partial charge in [-0.25, -0.2) is 0 Å². The molecule has 0 spiro atoms. The Hall–Kier alpha value is -2.53. The van der Waals surface area contributed by atoms with Gasteiger partial charge >= 0.3 is 0 Å². The molecular formula is C18H21NO4. The van der Waals surface area contributed by atoms with E-state index < -0.39 is 6.10 Å². The molecule has 0 radical (unpaired) electrons. The van der Waals surface area contributed by atoms with Gasteiger partial charge in [-0.3, -0.25) is 4.79 Å². The molecule has 0 heterocycles. The van der Waals surface area contributed by atoms with E-state index >= 15 is 0 Å². The smallest absolute Gasteiger partial charge is 0.257 e. The number of benzene rings is 2. The van der Waals surface area contributed by atoms with Crippen LogP contribution in [0.2, 0.25) is 0 Å². The van der Waals surface area contributed by atoms with Crippen LogP contribution in [0.15, 0.2) is 54.6 Å². The van der Waals surface area contributed by atoms with Crippen LogP contribution in [0.5, 0.6) is 11.5 Å². The van der Waals surface area contributed by atoms with Crippen molar-refractivity contribution in [1.82, 2.24) is 5.32 Å². The molecule has 2 aromatic carbocycles. The summed E-state index contributed by atoms with van der Waals surface area (Å²) in [6.45, 7) is 0.328. The van der Waals surface area contributed by atoms with Crippen molar-refractivity contribution in [3.05, 3.63) is 60.2 Å². The molecule has 0 aliphatic rings. The van der Waals surface area contributed by atoms with E-state index in [4.69, 9.17) is 9.47 Å². The van der Waals surface area contributed by atoms with Gasteiger partial charge in [0.2, 0.25) is 0 Å². The molecule has 2 rings (SSSR count). The average Bonchev–Trinajstić information content (AvgIpc) is 2.61. The highest BCUT2D eigenvalue weighted by Crippen LogP contribution is 2.17. The second kappa shape index (κ2) is 8.80. The first-order valence-corrected chi connectivity index (χ1v) is 7.45. The third-order valence-corrected chi connectivity index (χ3v) is 3.35. The number of aliphatic hydroxyl groups is 1. The van der Waals surface area contributed by atoms with Crippen molar-refractivity contribution >= 4 is 5.91 Å². The van der Waals surface area contributed by atoms with Crippen LogP contribution in [0.3, 0.4) is 0 Å². The second-order valence-corrected chi connectivity index (χ2v) is 5.03. The molecule has 0 fully saturated rings. The van der Waals surface area contributed by atoms with Crippen LogP contribution in [0.1, 0.15) is 18.1 Å². The predicted octanol–water partition coefficient (Wildman–Crippen LogP) is 2.31. The monoisotopic (exact) mass is 315 g/mol. The lowest BCUT2D eigenvalue weighted by Crippen LogP contribution is -2.30. The van der Waals surface area contributed by atoms with E-state index in [0.29, 0.717) is 18.7 Å². The maximum atomic E-state index is 11.7. The Morgan fingerprint density at radius 1 is 1.09 bits per heavy atom. The van der Waals surface area contributed by atoms with Crippen LogP contribution in [-0.4, -0.2) is 31.3 Å². The van der Waals surface area contributed by atoms with Crippen LogP contribution < -0.4 is 14.8 Å². The van der Waals surface area contributed by atoms with Crippen molar-refractivity contribution in [3.63, 3.8) is 0 Å². The highest BCUT2D eigenvalue weighted by atomic mass is 16.5. The Bertz CT molecular complexity index is 598. The number of amides is 1. The fraction of sp³-hybridized carbons (Fsp3) is 0.278. The van der Waals surface area contributed by atoms with Gasteiger partial charge in [-0.05, 0) is 36.2 Å². The number of carbonyl (C=O) groups excluding carboxylic acids is 1. The Balaban J connectivity index is 1.66. The molecular weight excluding hydrogens is 294 g/mol. The van der Waals surface area contributed by atoms with Crippen LogP contribution in [0, 0.1) is 0 Å². The third-order valence-electron chi connectivity index (χ3n) is 3.35. The predicted molar refractivity (Wildman–Crippen MR) is 87.5 cm³/mol. The van der Waals surface area contributed by atoms with Gasteiger partial charge in [0, 0.05) is 6.54 Å². The molecule has 23 heavy (non-hydrogen) atoms. The molecule has 5 nitrogen and oxygen atoms in total. The Morgan fingerprint density at radius 3 is 2.39 bits per heavy atom. The summed E-state index contributed by atoms with van der Waals surface area (Å²) in [5.41, 5.74) is 0.844. The number of nitrogens with one attached hydrogen (secondary N) is 1. The number of hydrogen-bond donors (Lipinski definition) is 2. The standard InChI is InChI=1S/C18H21NO4/c1-22-15-7-9-16(10-8-15)23-13-18(21)19-12-11-17(20)14-5-3-2-4-6-14/h2-10,17,20H,11-13H2,1H3,(H,19,21). The average molecular weight is 315 g/mol. The molecule has 1 unspecified atom stereocenters. The molecule has 0 saturated heterocycles. The molecule has 1 atom stereocenters. The van der Waals surface area contributed by atoms with E-state index in [2.05, 4.69) is 5.32 Å². The van der Waals surface area contributed by atoms with Gasteiger partial charge in [-0.15, -0.1) is 0 Å². The lowest BCUT2D eigenvalue weighted by Gasteiger charge is -2.12. The molecule has 0 aromatic heterocycles. The zero-order valence-corrected chi connectivity index (χ0v) is 13.1. The largest absolute Gasteiger partial charge is 0.497 e. The number of methoxy groups -OCH3 is 1. The number of aliphatic hydroxyl groups excluding tert-OH is 1. The zero-order chi connectivity index (χ0) is 16.5. The SMILES string of the molecule is COc1ccc(OCC(=O)NCCC(O)c2ccccc2)cc1. The number of carbonyl (C=O) groups is 1. The minimum atomic E-state index is -0.584.